The van der Waals surface area contributed by atoms with Gasteiger partial charge in [0.05, 0.1) is 18.0 Å². The number of aliphatic hydroxyl groups is 1. The molecule has 0 fully saturated rings. The number of aromatic nitrogens is 1. The van der Waals surface area contributed by atoms with Crippen molar-refractivity contribution in [3.63, 3.8) is 0 Å². The van der Waals surface area contributed by atoms with Gasteiger partial charge in [0, 0.05) is 28.6 Å². The summed E-state index contributed by atoms with van der Waals surface area (Å²) in [4.78, 5) is 17.4. The normalized spacial score (nSPS) is 12.1. The molecule has 4 aromatic rings. The maximum Gasteiger partial charge on any atom is 0.193 e. The van der Waals surface area contributed by atoms with Crippen LogP contribution in [0.5, 0.6) is 0 Å². The van der Waals surface area contributed by atoms with Crippen molar-refractivity contribution in [2.75, 3.05) is 5.32 Å². The SMILES string of the molecule is Cc1cc([C@@H](C)Nc2ccccc2CO)c2oc(-c3cccc(C)n3)cc(=O)c2c1. The van der Waals surface area contributed by atoms with Gasteiger partial charge in [-0.15, -0.1) is 0 Å². The van der Waals surface area contributed by atoms with Crippen LogP contribution in [0.2, 0.25) is 0 Å². The summed E-state index contributed by atoms with van der Waals surface area (Å²) in [5.41, 5.74) is 5.46. The van der Waals surface area contributed by atoms with Gasteiger partial charge in [-0.1, -0.05) is 30.3 Å². The summed E-state index contributed by atoms with van der Waals surface area (Å²) < 4.78 is 6.23. The number of aryl methyl sites for hydroxylation is 2. The van der Waals surface area contributed by atoms with Gasteiger partial charge < -0.3 is 14.8 Å². The number of hydrogen-bond acceptors (Lipinski definition) is 5. The van der Waals surface area contributed by atoms with Crippen molar-refractivity contribution in [2.45, 2.75) is 33.4 Å². The Morgan fingerprint density at radius 2 is 1.87 bits per heavy atom. The van der Waals surface area contributed by atoms with E-state index in [1.165, 1.54) is 6.07 Å². The first-order valence-electron chi connectivity index (χ1n) is 9.94. The largest absolute Gasteiger partial charge is 0.454 e. The fourth-order valence-corrected chi connectivity index (χ4v) is 3.67. The first kappa shape index (κ1) is 19.9. The topological polar surface area (TPSA) is 75.4 Å². The number of hydrogen-bond donors (Lipinski definition) is 2. The van der Waals surface area contributed by atoms with Gasteiger partial charge in [0.15, 0.2) is 11.2 Å². The zero-order chi connectivity index (χ0) is 21.3. The summed E-state index contributed by atoms with van der Waals surface area (Å²) in [6.45, 7) is 5.83. The maximum absolute atomic E-state index is 12.9. The van der Waals surface area contributed by atoms with Crippen molar-refractivity contribution in [3.8, 4) is 11.5 Å². The lowest BCUT2D eigenvalue weighted by molar-refractivity contribution is 0.282. The molecule has 2 heterocycles. The fourth-order valence-electron chi connectivity index (χ4n) is 3.67. The third-order valence-corrected chi connectivity index (χ3v) is 5.17. The van der Waals surface area contributed by atoms with Crippen LogP contribution in [0.1, 0.15) is 35.3 Å². The number of aliphatic hydroxyl groups excluding tert-OH is 1. The van der Waals surface area contributed by atoms with Crippen molar-refractivity contribution in [2.24, 2.45) is 0 Å². The van der Waals surface area contributed by atoms with Crippen LogP contribution in [-0.4, -0.2) is 10.1 Å². The van der Waals surface area contributed by atoms with Crippen molar-refractivity contribution in [1.29, 1.82) is 0 Å². The zero-order valence-electron chi connectivity index (χ0n) is 17.3. The van der Waals surface area contributed by atoms with Crippen molar-refractivity contribution in [1.82, 2.24) is 4.98 Å². The number of nitrogens with zero attached hydrogens (tertiary/aromatic N) is 1. The lowest BCUT2D eigenvalue weighted by atomic mass is 10.0. The molecule has 0 saturated carbocycles. The molecule has 2 N–H and O–H groups in total. The molecular weight excluding hydrogens is 376 g/mol. The van der Waals surface area contributed by atoms with Crippen LogP contribution in [0, 0.1) is 13.8 Å². The van der Waals surface area contributed by atoms with Crippen LogP contribution < -0.4 is 10.7 Å². The van der Waals surface area contributed by atoms with E-state index in [1.54, 1.807) is 0 Å². The van der Waals surface area contributed by atoms with Gasteiger partial charge >= 0.3 is 0 Å². The summed E-state index contributed by atoms with van der Waals surface area (Å²) in [5, 5.41) is 13.6. The van der Waals surface area contributed by atoms with Crippen LogP contribution in [0.25, 0.3) is 22.4 Å². The van der Waals surface area contributed by atoms with E-state index in [0.717, 1.165) is 28.1 Å². The number of fused-ring (bicyclic) bond motifs is 1. The Balaban J connectivity index is 1.85. The van der Waals surface area contributed by atoms with Crippen LogP contribution in [0.4, 0.5) is 5.69 Å². The molecule has 0 aliphatic carbocycles. The van der Waals surface area contributed by atoms with Gasteiger partial charge in [-0.25, -0.2) is 4.98 Å². The number of para-hydroxylation sites is 1. The predicted molar refractivity (Wildman–Crippen MR) is 120 cm³/mol. The second-order valence-electron chi connectivity index (χ2n) is 7.55. The van der Waals surface area contributed by atoms with Crippen LogP contribution >= 0.6 is 0 Å². The molecule has 0 unspecified atom stereocenters. The number of anilines is 1. The molecule has 0 aliphatic heterocycles. The molecule has 5 heteroatoms. The molecule has 0 amide bonds. The zero-order valence-corrected chi connectivity index (χ0v) is 17.3. The molecule has 1 atom stereocenters. The molecule has 2 aromatic heterocycles. The Morgan fingerprint density at radius 3 is 2.63 bits per heavy atom. The van der Waals surface area contributed by atoms with E-state index in [-0.39, 0.29) is 18.1 Å². The van der Waals surface area contributed by atoms with Gasteiger partial charge in [-0.3, -0.25) is 4.79 Å². The summed E-state index contributed by atoms with van der Waals surface area (Å²) in [6, 6.07) is 18.5. The van der Waals surface area contributed by atoms with Crippen LogP contribution in [0.3, 0.4) is 0 Å². The molecule has 5 nitrogen and oxygen atoms in total. The Hall–Kier alpha value is -3.44. The minimum absolute atomic E-state index is 0.0529. The summed E-state index contributed by atoms with van der Waals surface area (Å²) in [7, 11) is 0. The smallest absolute Gasteiger partial charge is 0.193 e. The molecule has 152 valence electrons. The van der Waals surface area contributed by atoms with E-state index in [1.807, 2.05) is 75.4 Å². The first-order valence-corrected chi connectivity index (χ1v) is 9.94. The van der Waals surface area contributed by atoms with E-state index >= 15 is 0 Å². The molecule has 0 spiro atoms. The Labute approximate surface area is 175 Å². The quantitative estimate of drug-likeness (QED) is 0.485. The van der Waals surface area contributed by atoms with E-state index < -0.39 is 0 Å². The van der Waals surface area contributed by atoms with Crippen molar-refractivity contribution >= 4 is 16.7 Å². The van der Waals surface area contributed by atoms with Gasteiger partial charge in [0.2, 0.25) is 0 Å². The maximum atomic E-state index is 12.9. The van der Waals surface area contributed by atoms with Crippen molar-refractivity contribution in [3.05, 3.63) is 93.3 Å². The number of rotatable bonds is 5. The average molecular weight is 400 g/mol. The van der Waals surface area contributed by atoms with E-state index in [9.17, 15) is 9.90 Å². The van der Waals surface area contributed by atoms with Gasteiger partial charge in [0.25, 0.3) is 0 Å². The molecule has 0 bridgehead atoms. The fraction of sp³-hybridized carbons (Fsp3) is 0.200. The number of nitrogens with one attached hydrogen (secondary N) is 1. The standard InChI is InChI=1S/C25H24N2O3/c1-15-11-19(17(3)27-21-9-5-4-8-18(21)14-28)25-20(12-15)23(29)13-24(30-25)22-10-6-7-16(2)26-22/h4-13,17,27-28H,14H2,1-3H3/t17-/m1/s1. The van der Waals surface area contributed by atoms with Crippen molar-refractivity contribution < 1.29 is 9.52 Å². The Kier molecular flexibility index (Phi) is 5.38. The van der Waals surface area contributed by atoms with E-state index in [4.69, 9.17) is 4.42 Å². The molecular formula is C25H24N2O3. The lowest BCUT2D eigenvalue weighted by Gasteiger charge is -2.19. The van der Waals surface area contributed by atoms with Gasteiger partial charge in [0.1, 0.15) is 11.3 Å². The van der Waals surface area contributed by atoms with Gasteiger partial charge in [-0.05, 0) is 50.6 Å². The highest BCUT2D eigenvalue weighted by atomic mass is 16.3. The highest BCUT2D eigenvalue weighted by Gasteiger charge is 2.17. The third-order valence-electron chi connectivity index (χ3n) is 5.17. The minimum atomic E-state index is -0.149. The van der Waals surface area contributed by atoms with Crippen LogP contribution in [-0.2, 0) is 6.61 Å². The molecule has 30 heavy (non-hydrogen) atoms. The van der Waals surface area contributed by atoms with E-state index in [2.05, 4.69) is 10.3 Å². The highest BCUT2D eigenvalue weighted by molar-refractivity contribution is 5.83. The Bertz CT molecular complexity index is 1280. The summed E-state index contributed by atoms with van der Waals surface area (Å²) in [6.07, 6.45) is 0. The van der Waals surface area contributed by atoms with E-state index in [0.29, 0.717) is 22.4 Å². The second-order valence-corrected chi connectivity index (χ2v) is 7.55. The number of pyridine rings is 1. The third kappa shape index (κ3) is 3.84. The van der Waals surface area contributed by atoms with Crippen LogP contribution in [0.15, 0.2) is 69.9 Å². The Morgan fingerprint density at radius 1 is 1.07 bits per heavy atom. The first-order chi connectivity index (χ1) is 14.5. The molecule has 0 radical (unpaired) electrons. The average Bonchev–Trinajstić information content (AvgIpc) is 2.74. The number of benzene rings is 2. The monoisotopic (exact) mass is 400 g/mol. The minimum Gasteiger partial charge on any atom is -0.454 e. The molecule has 0 saturated heterocycles. The van der Waals surface area contributed by atoms with Gasteiger partial charge in [-0.2, -0.15) is 0 Å². The molecule has 2 aromatic carbocycles. The highest BCUT2D eigenvalue weighted by Crippen LogP contribution is 2.30. The lowest BCUT2D eigenvalue weighted by Crippen LogP contribution is -2.11. The molecule has 4 rings (SSSR count). The summed E-state index contributed by atoms with van der Waals surface area (Å²) >= 11 is 0. The second kappa shape index (κ2) is 8.13. The summed E-state index contributed by atoms with van der Waals surface area (Å²) in [5.74, 6) is 0.448. The molecule has 0 aliphatic rings. The predicted octanol–water partition coefficient (Wildman–Crippen LogP) is 5.14.